The number of ether oxygens (including phenoxy) is 1. The Kier molecular flexibility index (Phi) is 1.20. The van der Waals surface area contributed by atoms with Crippen LogP contribution >= 0.6 is 0 Å². The highest BCUT2D eigenvalue weighted by atomic mass is 16.5. The monoisotopic (exact) mass is 79.1 g/mol. The van der Waals surface area contributed by atoms with Crippen LogP contribution < -0.4 is 0 Å². The minimum Gasteiger partial charge on any atom is -0.397 e. The van der Waals surface area contributed by atoms with Crippen LogP contribution in [0.1, 0.15) is 0 Å². The Morgan fingerprint density at radius 1 is 1.83 bits per heavy atom. The summed E-state index contributed by atoms with van der Waals surface area (Å²) in [7, 11) is 7.22. The predicted octanol–water partition coefficient (Wildman–Crippen LogP) is -0.409. The van der Waals surface area contributed by atoms with E-state index in [1.54, 1.807) is 0 Å². The lowest BCUT2D eigenvalue weighted by atomic mass is 9.62. The normalized spacial score (nSPS) is 33.0. The van der Waals surface area contributed by atoms with Gasteiger partial charge in [0.1, 0.15) is 7.28 Å². The Labute approximate surface area is 39.7 Å². The second-order valence-corrected chi connectivity index (χ2v) is 1.36. The molecule has 0 aliphatic carbocycles. The molecule has 1 fully saturated rings. The fourth-order valence-corrected chi connectivity index (χ4v) is 0.504. The molecule has 0 amide bonds. The van der Waals surface area contributed by atoms with Gasteiger partial charge in [-0.2, -0.15) is 0 Å². The van der Waals surface area contributed by atoms with Gasteiger partial charge in [-0.1, -0.05) is 6.32 Å². The van der Waals surface area contributed by atoms with E-state index in [1.165, 1.54) is 0 Å². The molecule has 6 heavy (non-hydrogen) atoms. The van der Waals surface area contributed by atoms with Crippen molar-refractivity contribution >= 4 is 15.1 Å². The van der Waals surface area contributed by atoms with Gasteiger partial charge in [-0.15, -0.1) is 0 Å². The van der Waals surface area contributed by atoms with Gasteiger partial charge in [0.15, 0.2) is 0 Å². The first-order valence-corrected chi connectivity index (χ1v) is 2.10. The summed E-state index contributed by atoms with van der Waals surface area (Å²) in [4.78, 5) is 0. The Balaban J connectivity index is 2.18. The third-order valence-corrected chi connectivity index (χ3v) is 0.827. The summed E-state index contributed by atoms with van der Waals surface area (Å²) in [5.41, 5.74) is 0. The van der Waals surface area contributed by atoms with Crippen LogP contribution in [0.2, 0.25) is 6.32 Å². The average Bonchev–Trinajstić information content (AvgIpc) is 1.86. The molecule has 0 spiro atoms. The molecule has 0 aromatic carbocycles. The van der Waals surface area contributed by atoms with Gasteiger partial charge in [0, 0.05) is 6.61 Å². The van der Waals surface area contributed by atoms with E-state index in [-0.39, 0.29) is 5.90 Å². The van der Waals surface area contributed by atoms with Gasteiger partial charge < -0.3 is 4.74 Å². The Morgan fingerprint density at radius 3 is 2.83 bits per heavy atom. The van der Waals surface area contributed by atoms with Crippen molar-refractivity contribution in [1.82, 2.24) is 0 Å². The SMILES string of the molecule is [B]C1[B]CCO1. The maximum atomic E-state index is 5.26. The minimum absolute atomic E-state index is 0.0787. The van der Waals surface area contributed by atoms with E-state index in [2.05, 4.69) is 0 Å². The van der Waals surface area contributed by atoms with Crippen LogP contribution in [0.5, 0.6) is 0 Å². The summed E-state index contributed by atoms with van der Waals surface area (Å²) in [6.45, 7) is 0.807. The zero-order valence-corrected chi connectivity index (χ0v) is 3.55. The summed E-state index contributed by atoms with van der Waals surface area (Å²) in [6, 6.07) is 0. The molecule has 3 heteroatoms. The number of hydrogen-bond acceptors (Lipinski definition) is 1. The van der Waals surface area contributed by atoms with Gasteiger partial charge in [0.05, 0.1) is 7.85 Å². The van der Waals surface area contributed by atoms with Crippen molar-refractivity contribution in [3.8, 4) is 0 Å². The quantitative estimate of drug-likeness (QED) is 0.358. The molecule has 1 unspecified atom stereocenters. The summed E-state index contributed by atoms with van der Waals surface area (Å²) < 4.78 is 4.88. The van der Waals surface area contributed by atoms with Gasteiger partial charge in [0.25, 0.3) is 0 Å². The molecule has 29 valence electrons. The summed E-state index contributed by atoms with van der Waals surface area (Å²) in [5.74, 6) is -0.0787. The highest BCUT2D eigenvalue weighted by molar-refractivity contribution is 6.50. The second-order valence-electron chi connectivity index (χ2n) is 1.36. The van der Waals surface area contributed by atoms with Crippen LogP contribution in [0.25, 0.3) is 0 Å². The van der Waals surface area contributed by atoms with Crippen molar-refractivity contribution < 1.29 is 4.74 Å². The molecular formula is C3H5B2O. The maximum absolute atomic E-state index is 5.26. The van der Waals surface area contributed by atoms with Gasteiger partial charge >= 0.3 is 0 Å². The molecule has 3 radical (unpaired) electrons. The van der Waals surface area contributed by atoms with Crippen molar-refractivity contribution in [3.63, 3.8) is 0 Å². The summed E-state index contributed by atoms with van der Waals surface area (Å²) >= 11 is 0. The summed E-state index contributed by atoms with van der Waals surface area (Å²) in [5, 5.41) is 0. The molecule has 0 aromatic heterocycles. The van der Waals surface area contributed by atoms with Crippen molar-refractivity contribution in [2.75, 3.05) is 6.61 Å². The number of rotatable bonds is 0. The fourth-order valence-electron chi connectivity index (χ4n) is 0.504. The van der Waals surface area contributed by atoms with E-state index in [9.17, 15) is 0 Å². The molecule has 0 aromatic rings. The van der Waals surface area contributed by atoms with Crippen LogP contribution in [0.15, 0.2) is 0 Å². The molecule has 0 N–H and O–H groups in total. The first-order chi connectivity index (χ1) is 2.89. The van der Waals surface area contributed by atoms with Crippen LogP contribution in [-0.4, -0.2) is 27.6 Å². The molecule has 1 rings (SSSR count). The van der Waals surface area contributed by atoms with E-state index in [0.29, 0.717) is 0 Å². The van der Waals surface area contributed by atoms with Gasteiger partial charge in [-0.05, 0) is 5.90 Å². The second kappa shape index (κ2) is 1.69. The molecule has 1 aliphatic rings. The highest BCUT2D eigenvalue weighted by Gasteiger charge is 2.08. The van der Waals surface area contributed by atoms with Crippen molar-refractivity contribution in [2.24, 2.45) is 0 Å². The molecule has 1 nitrogen and oxygen atoms in total. The number of hydrogen-bond donors (Lipinski definition) is 0. The smallest absolute Gasteiger partial charge is 0.139 e. The molecule has 1 atom stereocenters. The minimum atomic E-state index is -0.0787. The van der Waals surface area contributed by atoms with E-state index >= 15 is 0 Å². The fraction of sp³-hybridized carbons (Fsp3) is 1.00. The molecule has 1 saturated heterocycles. The molecular weight excluding hydrogens is 73.7 g/mol. The Hall–Kier alpha value is 0.0899. The van der Waals surface area contributed by atoms with Crippen molar-refractivity contribution in [3.05, 3.63) is 0 Å². The van der Waals surface area contributed by atoms with Gasteiger partial charge in [0.2, 0.25) is 0 Å². The first kappa shape index (κ1) is 4.25. The summed E-state index contributed by atoms with van der Waals surface area (Å²) in [6.07, 6.45) is 1.02. The molecule has 0 bridgehead atoms. The average molecular weight is 78.7 g/mol. The standard InChI is InChI=1S/C3H5B2O/c4-3-5-1-2-6-3/h3H,1-2H2. The third kappa shape index (κ3) is 0.777. The largest absolute Gasteiger partial charge is 0.397 e. The van der Waals surface area contributed by atoms with Crippen LogP contribution in [0.4, 0.5) is 0 Å². The Bertz CT molecular complexity index is 42.1. The van der Waals surface area contributed by atoms with Crippen LogP contribution in [0.3, 0.4) is 0 Å². The van der Waals surface area contributed by atoms with Crippen LogP contribution in [0, 0.1) is 0 Å². The van der Waals surface area contributed by atoms with Crippen molar-refractivity contribution in [1.29, 1.82) is 0 Å². The third-order valence-electron chi connectivity index (χ3n) is 0.827. The Morgan fingerprint density at radius 2 is 2.67 bits per heavy atom. The lowest BCUT2D eigenvalue weighted by molar-refractivity contribution is 0.188. The zero-order valence-electron chi connectivity index (χ0n) is 3.55. The van der Waals surface area contributed by atoms with E-state index in [0.717, 1.165) is 12.9 Å². The van der Waals surface area contributed by atoms with Crippen molar-refractivity contribution in [2.45, 2.75) is 12.2 Å². The zero-order chi connectivity index (χ0) is 4.41. The first-order valence-electron chi connectivity index (χ1n) is 2.10. The van der Waals surface area contributed by atoms with Gasteiger partial charge in [-0.3, -0.25) is 0 Å². The molecule has 0 saturated carbocycles. The lowest BCUT2D eigenvalue weighted by Crippen LogP contribution is -2.09. The highest BCUT2D eigenvalue weighted by Crippen LogP contribution is 1.97. The van der Waals surface area contributed by atoms with Crippen LogP contribution in [-0.2, 0) is 4.74 Å². The van der Waals surface area contributed by atoms with E-state index < -0.39 is 0 Å². The molecule has 1 aliphatic heterocycles. The topological polar surface area (TPSA) is 9.23 Å². The van der Waals surface area contributed by atoms with E-state index in [4.69, 9.17) is 12.6 Å². The molecule has 1 heterocycles. The lowest BCUT2D eigenvalue weighted by Gasteiger charge is -1.94. The maximum Gasteiger partial charge on any atom is 0.139 e. The van der Waals surface area contributed by atoms with Gasteiger partial charge in [-0.25, -0.2) is 0 Å². The van der Waals surface area contributed by atoms with E-state index in [1.807, 2.05) is 7.28 Å². The predicted molar refractivity (Wildman–Crippen MR) is 26.1 cm³/mol.